The highest BCUT2D eigenvalue weighted by Crippen LogP contribution is 2.25. The van der Waals surface area contributed by atoms with Gasteiger partial charge in [0.05, 0.1) is 36.2 Å². The summed E-state index contributed by atoms with van der Waals surface area (Å²) in [6.45, 7) is 4.70. The van der Waals surface area contributed by atoms with Crippen molar-refractivity contribution in [1.82, 2.24) is 20.0 Å². The Labute approximate surface area is 185 Å². The molecule has 1 atom stereocenters. The van der Waals surface area contributed by atoms with Gasteiger partial charge in [-0.3, -0.25) is 9.69 Å². The van der Waals surface area contributed by atoms with Gasteiger partial charge in [-0.2, -0.15) is 5.10 Å². The molecule has 2 heterocycles. The van der Waals surface area contributed by atoms with E-state index in [9.17, 15) is 9.18 Å². The van der Waals surface area contributed by atoms with E-state index in [1.807, 2.05) is 36.4 Å². The van der Waals surface area contributed by atoms with Crippen molar-refractivity contribution in [3.8, 4) is 5.69 Å². The quantitative estimate of drug-likeness (QED) is 0.631. The fourth-order valence-electron chi connectivity index (χ4n) is 3.84. The van der Waals surface area contributed by atoms with Crippen molar-refractivity contribution in [3.05, 3.63) is 82.4 Å². The van der Waals surface area contributed by atoms with Gasteiger partial charge >= 0.3 is 0 Å². The van der Waals surface area contributed by atoms with Gasteiger partial charge in [-0.15, -0.1) is 0 Å². The van der Waals surface area contributed by atoms with Gasteiger partial charge in [-0.25, -0.2) is 9.07 Å². The number of amides is 1. The third-order valence-electron chi connectivity index (χ3n) is 5.41. The minimum Gasteiger partial charge on any atom is -0.379 e. The maximum absolute atomic E-state index is 13.9. The zero-order valence-corrected chi connectivity index (χ0v) is 18.0. The number of aromatic nitrogens is 2. The first kappa shape index (κ1) is 21.5. The first-order valence-corrected chi connectivity index (χ1v) is 10.6. The summed E-state index contributed by atoms with van der Waals surface area (Å²) in [5, 5.41) is 7.67. The number of hydrogen-bond donors (Lipinski definition) is 1. The Bertz CT molecular complexity index is 1050. The molecular weight excluding hydrogens is 419 g/mol. The van der Waals surface area contributed by atoms with E-state index in [-0.39, 0.29) is 22.9 Å². The van der Waals surface area contributed by atoms with Crippen LogP contribution in [0.25, 0.3) is 5.69 Å². The Hall–Kier alpha value is -2.74. The van der Waals surface area contributed by atoms with Gasteiger partial charge in [-0.05, 0) is 36.8 Å². The highest BCUT2D eigenvalue weighted by atomic mass is 35.5. The summed E-state index contributed by atoms with van der Waals surface area (Å²) in [7, 11) is 0. The highest BCUT2D eigenvalue weighted by Gasteiger charge is 2.26. The van der Waals surface area contributed by atoms with Crippen molar-refractivity contribution in [1.29, 1.82) is 0 Å². The van der Waals surface area contributed by atoms with E-state index in [1.165, 1.54) is 12.1 Å². The van der Waals surface area contributed by atoms with Crippen LogP contribution in [0.4, 0.5) is 4.39 Å². The molecule has 4 rings (SSSR count). The SMILES string of the molecule is Cc1nn(-c2ccccc2)c(Cl)c1C(=O)NCC(c1cccc(F)c1)N1CCOCC1. The van der Waals surface area contributed by atoms with Crippen LogP contribution in [0.5, 0.6) is 0 Å². The lowest BCUT2D eigenvalue weighted by Gasteiger charge is -2.35. The molecule has 1 saturated heterocycles. The molecule has 0 radical (unpaired) electrons. The molecule has 1 amide bonds. The van der Waals surface area contributed by atoms with Crippen molar-refractivity contribution in [3.63, 3.8) is 0 Å². The van der Waals surface area contributed by atoms with Gasteiger partial charge < -0.3 is 10.1 Å². The lowest BCUT2D eigenvalue weighted by Crippen LogP contribution is -2.44. The second-order valence-electron chi connectivity index (χ2n) is 7.43. The number of morpholine rings is 1. The zero-order chi connectivity index (χ0) is 21.8. The second kappa shape index (κ2) is 9.60. The summed E-state index contributed by atoms with van der Waals surface area (Å²) < 4.78 is 20.9. The van der Waals surface area contributed by atoms with Crippen LogP contribution in [-0.4, -0.2) is 53.4 Å². The van der Waals surface area contributed by atoms with Crippen molar-refractivity contribution < 1.29 is 13.9 Å². The van der Waals surface area contributed by atoms with Gasteiger partial charge in [0.15, 0.2) is 0 Å². The molecule has 162 valence electrons. The number of halogens is 2. The molecule has 0 aliphatic carbocycles. The molecule has 0 spiro atoms. The van der Waals surface area contributed by atoms with Crippen molar-refractivity contribution in [2.45, 2.75) is 13.0 Å². The number of ether oxygens (including phenoxy) is 1. The number of carbonyl (C=O) groups excluding carboxylic acids is 1. The summed E-state index contributed by atoms with van der Waals surface area (Å²) >= 11 is 6.52. The molecule has 3 aromatic rings. The number of para-hydroxylation sites is 1. The van der Waals surface area contributed by atoms with Crippen LogP contribution in [0.1, 0.15) is 27.7 Å². The summed E-state index contributed by atoms with van der Waals surface area (Å²) in [4.78, 5) is 15.2. The third kappa shape index (κ3) is 4.79. The van der Waals surface area contributed by atoms with Crippen LogP contribution in [0.2, 0.25) is 5.15 Å². The molecule has 0 bridgehead atoms. The number of hydrogen-bond acceptors (Lipinski definition) is 4. The molecule has 2 aromatic carbocycles. The van der Waals surface area contributed by atoms with Gasteiger partial charge in [0, 0.05) is 19.6 Å². The second-order valence-corrected chi connectivity index (χ2v) is 7.79. The molecule has 8 heteroatoms. The molecule has 1 unspecified atom stereocenters. The van der Waals surface area contributed by atoms with E-state index >= 15 is 0 Å². The fraction of sp³-hybridized carbons (Fsp3) is 0.304. The molecule has 1 N–H and O–H groups in total. The number of rotatable bonds is 6. The van der Waals surface area contributed by atoms with Crippen LogP contribution in [-0.2, 0) is 4.74 Å². The molecule has 31 heavy (non-hydrogen) atoms. The predicted octanol–water partition coefficient (Wildman–Crippen LogP) is 3.78. The lowest BCUT2D eigenvalue weighted by molar-refractivity contribution is 0.0162. The maximum Gasteiger partial charge on any atom is 0.256 e. The third-order valence-corrected chi connectivity index (χ3v) is 5.76. The first-order chi connectivity index (χ1) is 15.0. The minimum absolute atomic E-state index is 0.174. The summed E-state index contributed by atoms with van der Waals surface area (Å²) in [5.74, 6) is -0.607. The molecule has 0 saturated carbocycles. The number of benzene rings is 2. The van der Waals surface area contributed by atoms with Crippen LogP contribution in [0, 0.1) is 12.7 Å². The zero-order valence-electron chi connectivity index (χ0n) is 17.2. The monoisotopic (exact) mass is 442 g/mol. The topological polar surface area (TPSA) is 59.4 Å². The van der Waals surface area contributed by atoms with E-state index in [2.05, 4.69) is 15.3 Å². The summed E-state index contributed by atoms with van der Waals surface area (Å²) in [5.41, 5.74) is 2.47. The summed E-state index contributed by atoms with van der Waals surface area (Å²) in [6, 6.07) is 15.7. The average Bonchev–Trinajstić information content (AvgIpc) is 3.09. The Balaban J connectivity index is 1.55. The van der Waals surface area contributed by atoms with Gasteiger partial charge in [0.1, 0.15) is 11.0 Å². The predicted molar refractivity (Wildman–Crippen MR) is 117 cm³/mol. The Kier molecular flexibility index (Phi) is 6.65. The Morgan fingerprint density at radius 1 is 1.19 bits per heavy atom. The van der Waals surface area contributed by atoms with Gasteiger partial charge in [-0.1, -0.05) is 41.9 Å². The highest BCUT2D eigenvalue weighted by molar-refractivity contribution is 6.33. The van der Waals surface area contributed by atoms with Crippen LogP contribution in [0.3, 0.4) is 0 Å². The van der Waals surface area contributed by atoms with E-state index in [0.29, 0.717) is 44.1 Å². The van der Waals surface area contributed by atoms with Crippen molar-refractivity contribution in [2.24, 2.45) is 0 Å². The first-order valence-electron chi connectivity index (χ1n) is 10.2. The molecule has 1 fully saturated rings. The smallest absolute Gasteiger partial charge is 0.256 e. The largest absolute Gasteiger partial charge is 0.379 e. The minimum atomic E-state index is -0.306. The van der Waals surface area contributed by atoms with Crippen molar-refractivity contribution in [2.75, 3.05) is 32.8 Å². The molecule has 1 aromatic heterocycles. The molecular formula is C23H24ClFN4O2. The van der Waals surface area contributed by atoms with E-state index in [0.717, 1.165) is 11.3 Å². The number of nitrogens with zero attached hydrogens (tertiary/aromatic N) is 3. The van der Waals surface area contributed by atoms with Gasteiger partial charge in [0.25, 0.3) is 5.91 Å². The fourth-order valence-corrected chi connectivity index (χ4v) is 4.19. The van der Waals surface area contributed by atoms with Crippen LogP contribution in [0.15, 0.2) is 54.6 Å². The lowest BCUT2D eigenvalue weighted by atomic mass is 10.0. The molecule has 1 aliphatic heterocycles. The van der Waals surface area contributed by atoms with Crippen molar-refractivity contribution >= 4 is 17.5 Å². The normalized spacial score (nSPS) is 15.6. The van der Waals surface area contributed by atoms with E-state index < -0.39 is 0 Å². The van der Waals surface area contributed by atoms with E-state index in [4.69, 9.17) is 16.3 Å². The number of aryl methyl sites for hydroxylation is 1. The Morgan fingerprint density at radius 3 is 2.65 bits per heavy atom. The average molecular weight is 443 g/mol. The maximum atomic E-state index is 13.9. The van der Waals surface area contributed by atoms with Crippen LogP contribution < -0.4 is 5.32 Å². The Morgan fingerprint density at radius 2 is 1.94 bits per heavy atom. The molecule has 1 aliphatic rings. The number of carbonyl (C=O) groups is 1. The van der Waals surface area contributed by atoms with Crippen LogP contribution >= 0.6 is 11.6 Å². The van der Waals surface area contributed by atoms with Gasteiger partial charge in [0.2, 0.25) is 0 Å². The standard InChI is InChI=1S/C23H24ClFN4O2/c1-16-21(22(24)29(27-16)19-8-3-2-4-9-19)23(30)26-15-20(28-10-12-31-13-11-28)17-6-5-7-18(25)14-17/h2-9,14,20H,10-13,15H2,1H3,(H,26,30). The summed E-state index contributed by atoms with van der Waals surface area (Å²) in [6.07, 6.45) is 0. The van der Waals surface area contributed by atoms with E-state index in [1.54, 1.807) is 17.7 Å². The molecule has 6 nitrogen and oxygen atoms in total. The number of nitrogens with one attached hydrogen (secondary N) is 1.